The normalized spacial score (nSPS) is 21.3. The third-order valence-electron chi connectivity index (χ3n) is 4.52. The Morgan fingerprint density at radius 1 is 1.27 bits per heavy atom. The van der Waals surface area contributed by atoms with Crippen LogP contribution in [0.1, 0.15) is 31.7 Å². The first-order valence-electron chi connectivity index (χ1n) is 8.28. The maximum Gasteiger partial charge on any atom is 0.237 e. The third kappa shape index (κ3) is 4.82. The minimum atomic E-state index is -0.191. The van der Waals surface area contributed by atoms with Crippen molar-refractivity contribution in [1.82, 2.24) is 9.80 Å². The van der Waals surface area contributed by atoms with E-state index in [1.54, 1.807) is 0 Å². The van der Waals surface area contributed by atoms with E-state index in [1.807, 2.05) is 37.1 Å². The highest BCUT2D eigenvalue weighted by atomic mass is 16.3. The van der Waals surface area contributed by atoms with Crippen molar-refractivity contribution in [3.63, 3.8) is 0 Å². The van der Waals surface area contributed by atoms with Crippen molar-refractivity contribution in [3.05, 3.63) is 35.9 Å². The summed E-state index contributed by atoms with van der Waals surface area (Å²) in [5.41, 5.74) is 1.16. The van der Waals surface area contributed by atoms with Gasteiger partial charge in [-0.2, -0.15) is 0 Å². The molecule has 0 aromatic heterocycles. The van der Waals surface area contributed by atoms with Gasteiger partial charge in [0.2, 0.25) is 5.91 Å². The van der Waals surface area contributed by atoms with E-state index in [2.05, 4.69) is 17.0 Å². The molecule has 4 heteroatoms. The summed E-state index contributed by atoms with van der Waals surface area (Å²) in [4.78, 5) is 16.4. The molecule has 0 saturated heterocycles. The van der Waals surface area contributed by atoms with Gasteiger partial charge in [0.1, 0.15) is 0 Å². The van der Waals surface area contributed by atoms with E-state index >= 15 is 0 Å². The topological polar surface area (TPSA) is 43.8 Å². The van der Waals surface area contributed by atoms with E-state index in [0.29, 0.717) is 25.6 Å². The predicted molar refractivity (Wildman–Crippen MR) is 88.4 cm³/mol. The average Bonchev–Trinajstić information content (AvgIpc) is 2.90. The van der Waals surface area contributed by atoms with Gasteiger partial charge in [-0.3, -0.25) is 9.69 Å². The SMILES string of the molecule is CCN(Cc1ccccc1)C(=O)CN(C)CC1CCCC1O. The van der Waals surface area contributed by atoms with Crippen molar-refractivity contribution in [2.75, 3.05) is 26.7 Å². The summed E-state index contributed by atoms with van der Waals surface area (Å²) in [5.74, 6) is 0.475. The molecule has 122 valence electrons. The fourth-order valence-corrected chi connectivity index (χ4v) is 3.21. The number of nitrogens with zero attached hydrogens (tertiary/aromatic N) is 2. The highest BCUT2D eigenvalue weighted by Gasteiger charge is 2.27. The van der Waals surface area contributed by atoms with Gasteiger partial charge < -0.3 is 10.0 Å². The van der Waals surface area contributed by atoms with Crippen LogP contribution in [0.2, 0.25) is 0 Å². The molecular formula is C18H28N2O2. The third-order valence-corrected chi connectivity index (χ3v) is 4.52. The maximum atomic E-state index is 12.5. The first-order valence-corrected chi connectivity index (χ1v) is 8.28. The van der Waals surface area contributed by atoms with Crippen molar-refractivity contribution in [2.24, 2.45) is 5.92 Å². The van der Waals surface area contributed by atoms with Gasteiger partial charge >= 0.3 is 0 Å². The van der Waals surface area contributed by atoms with E-state index < -0.39 is 0 Å². The van der Waals surface area contributed by atoms with Gasteiger partial charge in [0.05, 0.1) is 12.6 Å². The maximum absolute atomic E-state index is 12.5. The first-order chi connectivity index (χ1) is 10.6. The van der Waals surface area contributed by atoms with Crippen molar-refractivity contribution in [3.8, 4) is 0 Å². The number of hydrogen-bond acceptors (Lipinski definition) is 3. The second-order valence-electron chi connectivity index (χ2n) is 6.35. The number of aliphatic hydroxyl groups is 1. The van der Waals surface area contributed by atoms with Crippen LogP contribution in [0.5, 0.6) is 0 Å². The van der Waals surface area contributed by atoms with Crippen molar-refractivity contribution in [1.29, 1.82) is 0 Å². The standard InChI is InChI=1S/C18H28N2O2/c1-3-20(12-15-8-5-4-6-9-15)18(22)14-19(2)13-16-10-7-11-17(16)21/h4-6,8-9,16-17,21H,3,7,10-14H2,1-2H3. The molecule has 1 aliphatic carbocycles. The number of benzene rings is 1. The molecule has 4 nitrogen and oxygen atoms in total. The Morgan fingerprint density at radius 2 is 2.00 bits per heavy atom. The molecule has 2 atom stereocenters. The summed E-state index contributed by atoms with van der Waals surface area (Å²) in [6.45, 7) is 4.62. The molecular weight excluding hydrogens is 276 g/mol. The lowest BCUT2D eigenvalue weighted by Crippen LogP contribution is -2.40. The zero-order valence-electron chi connectivity index (χ0n) is 13.7. The van der Waals surface area contributed by atoms with Gasteiger partial charge in [0.25, 0.3) is 0 Å². The fraction of sp³-hybridized carbons (Fsp3) is 0.611. The molecule has 0 heterocycles. The van der Waals surface area contributed by atoms with E-state index in [-0.39, 0.29) is 12.0 Å². The van der Waals surface area contributed by atoms with Crippen LogP contribution in [-0.4, -0.2) is 53.6 Å². The summed E-state index contributed by atoms with van der Waals surface area (Å²) < 4.78 is 0. The molecule has 1 saturated carbocycles. The minimum Gasteiger partial charge on any atom is -0.393 e. The number of amides is 1. The van der Waals surface area contributed by atoms with Crippen LogP contribution in [0.4, 0.5) is 0 Å². The van der Waals surface area contributed by atoms with Gasteiger partial charge in [0, 0.05) is 19.6 Å². The Balaban J connectivity index is 1.83. The molecule has 1 aromatic carbocycles. The lowest BCUT2D eigenvalue weighted by atomic mass is 10.1. The second kappa shape index (κ2) is 8.30. The van der Waals surface area contributed by atoms with E-state index in [0.717, 1.165) is 31.4 Å². The Kier molecular flexibility index (Phi) is 6.40. The minimum absolute atomic E-state index is 0.154. The highest BCUT2D eigenvalue weighted by molar-refractivity contribution is 5.78. The molecule has 2 rings (SSSR count). The molecule has 1 aromatic rings. The summed E-state index contributed by atoms with van der Waals surface area (Å²) in [6.07, 6.45) is 2.88. The second-order valence-corrected chi connectivity index (χ2v) is 6.35. The smallest absolute Gasteiger partial charge is 0.237 e. The number of aliphatic hydroxyl groups excluding tert-OH is 1. The van der Waals surface area contributed by atoms with Crippen LogP contribution >= 0.6 is 0 Å². The molecule has 22 heavy (non-hydrogen) atoms. The first kappa shape index (κ1) is 17.0. The van der Waals surface area contributed by atoms with Crippen LogP contribution in [0.15, 0.2) is 30.3 Å². The lowest BCUT2D eigenvalue weighted by Gasteiger charge is -2.26. The number of rotatable bonds is 7. The molecule has 1 fully saturated rings. The Hall–Kier alpha value is -1.39. The predicted octanol–water partition coefficient (Wildman–Crippen LogP) is 2.13. The van der Waals surface area contributed by atoms with E-state index in [4.69, 9.17) is 0 Å². The molecule has 0 radical (unpaired) electrons. The number of hydrogen-bond donors (Lipinski definition) is 1. The van der Waals surface area contributed by atoms with E-state index in [1.165, 1.54) is 0 Å². The van der Waals surface area contributed by atoms with Gasteiger partial charge in [-0.05, 0) is 38.3 Å². The number of likely N-dealkylation sites (N-methyl/N-ethyl adjacent to an activating group) is 2. The Bertz CT molecular complexity index is 463. The number of carbonyl (C=O) groups excluding carboxylic acids is 1. The molecule has 0 bridgehead atoms. The average molecular weight is 304 g/mol. The van der Waals surface area contributed by atoms with Gasteiger partial charge in [0.15, 0.2) is 0 Å². The Morgan fingerprint density at radius 3 is 2.59 bits per heavy atom. The summed E-state index contributed by atoms with van der Waals surface area (Å²) in [5, 5.41) is 9.90. The number of carbonyl (C=O) groups is 1. The van der Waals surface area contributed by atoms with Crippen LogP contribution in [-0.2, 0) is 11.3 Å². The van der Waals surface area contributed by atoms with Gasteiger partial charge in [-0.25, -0.2) is 0 Å². The van der Waals surface area contributed by atoms with Crippen molar-refractivity contribution < 1.29 is 9.90 Å². The quantitative estimate of drug-likeness (QED) is 0.839. The summed E-state index contributed by atoms with van der Waals surface area (Å²) in [7, 11) is 1.97. The monoisotopic (exact) mass is 304 g/mol. The summed E-state index contributed by atoms with van der Waals surface area (Å²) >= 11 is 0. The van der Waals surface area contributed by atoms with Gasteiger partial charge in [-0.1, -0.05) is 36.8 Å². The fourth-order valence-electron chi connectivity index (χ4n) is 3.21. The van der Waals surface area contributed by atoms with Gasteiger partial charge in [-0.15, -0.1) is 0 Å². The zero-order valence-corrected chi connectivity index (χ0v) is 13.7. The van der Waals surface area contributed by atoms with Crippen LogP contribution in [0.25, 0.3) is 0 Å². The molecule has 1 N–H and O–H groups in total. The lowest BCUT2D eigenvalue weighted by molar-refractivity contribution is -0.132. The molecule has 0 aliphatic heterocycles. The Labute approximate surface area is 133 Å². The largest absolute Gasteiger partial charge is 0.393 e. The van der Waals surface area contributed by atoms with Crippen LogP contribution in [0, 0.1) is 5.92 Å². The molecule has 2 unspecified atom stereocenters. The van der Waals surface area contributed by atoms with E-state index in [9.17, 15) is 9.90 Å². The van der Waals surface area contributed by atoms with Crippen molar-refractivity contribution in [2.45, 2.75) is 38.8 Å². The van der Waals surface area contributed by atoms with Crippen molar-refractivity contribution >= 4 is 5.91 Å². The molecule has 0 spiro atoms. The zero-order chi connectivity index (χ0) is 15.9. The van der Waals surface area contributed by atoms with Crippen LogP contribution in [0.3, 0.4) is 0 Å². The molecule has 1 amide bonds. The van der Waals surface area contributed by atoms with Crippen LogP contribution < -0.4 is 0 Å². The molecule has 1 aliphatic rings. The summed E-state index contributed by atoms with van der Waals surface area (Å²) in [6, 6.07) is 10.1. The highest BCUT2D eigenvalue weighted by Crippen LogP contribution is 2.25.